The fraction of sp³-hybridized carbons (Fsp3) is 0.286. The maximum absolute atomic E-state index is 5.97. The Morgan fingerprint density at radius 2 is 2.11 bits per heavy atom. The molecule has 102 valence electrons. The average Bonchev–Trinajstić information content (AvgIpc) is 2.92. The molecule has 2 rings (SSSR count). The van der Waals surface area contributed by atoms with E-state index in [1.165, 1.54) is 0 Å². The van der Waals surface area contributed by atoms with Crippen molar-refractivity contribution in [3.8, 4) is 0 Å². The third kappa shape index (κ3) is 4.46. The molecule has 1 aromatic carbocycles. The number of rotatable bonds is 6. The van der Waals surface area contributed by atoms with Gasteiger partial charge < -0.3 is 9.73 Å². The van der Waals surface area contributed by atoms with Crippen LogP contribution in [-0.2, 0) is 0 Å². The highest BCUT2D eigenvalue weighted by atomic mass is 35.5. The van der Waals surface area contributed by atoms with Crippen molar-refractivity contribution in [2.45, 2.75) is 17.9 Å². The molecule has 1 heterocycles. The van der Waals surface area contributed by atoms with Gasteiger partial charge in [-0.25, -0.2) is 0 Å². The molecule has 1 aromatic heterocycles. The highest BCUT2D eigenvalue weighted by molar-refractivity contribution is 7.99. The molecule has 0 saturated heterocycles. The van der Waals surface area contributed by atoms with Crippen LogP contribution in [0.1, 0.15) is 18.7 Å². The minimum absolute atomic E-state index is 0.226. The molecule has 19 heavy (non-hydrogen) atoms. The van der Waals surface area contributed by atoms with E-state index >= 15 is 0 Å². The van der Waals surface area contributed by atoms with Crippen LogP contribution in [0, 0.1) is 0 Å². The van der Waals surface area contributed by atoms with Gasteiger partial charge in [0.1, 0.15) is 5.76 Å². The summed E-state index contributed by atoms with van der Waals surface area (Å²) in [7, 11) is 0. The number of halogens is 2. The third-order valence-electron chi connectivity index (χ3n) is 2.68. The van der Waals surface area contributed by atoms with Crippen LogP contribution < -0.4 is 5.32 Å². The lowest BCUT2D eigenvalue weighted by Gasteiger charge is -2.11. The SMILES string of the molecule is CC(NCCSc1ccc(Cl)c(Cl)c1)c1ccco1. The Morgan fingerprint density at radius 3 is 2.79 bits per heavy atom. The summed E-state index contributed by atoms with van der Waals surface area (Å²) in [4.78, 5) is 1.13. The van der Waals surface area contributed by atoms with Crippen LogP contribution in [0.4, 0.5) is 0 Å². The summed E-state index contributed by atoms with van der Waals surface area (Å²) in [6.07, 6.45) is 1.69. The monoisotopic (exact) mass is 315 g/mol. The minimum Gasteiger partial charge on any atom is -0.468 e. The summed E-state index contributed by atoms with van der Waals surface area (Å²) in [5, 5.41) is 4.60. The van der Waals surface area contributed by atoms with Gasteiger partial charge in [-0.1, -0.05) is 23.2 Å². The maximum atomic E-state index is 5.97. The predicted molar refractivity (Wildman–Crippen MR) is 82.3 cm³/mol. The van der Waals surface area contributed by atoms with E-state index in [9.17, 15) is 0 Å². The van der Waals surface area contributed by atoms with Crippen molar-refractivity contribution in [3.63, 3.8) is 0 Å². The van der Waals surface area contributed by atoms with Gasteiger partial charge in [0, 0.05) is 17.2 Å². The van der Waals surface area contributed by atoms with E-state index in [4.69, 9.17) is 27.6 Å². The lowest BCUT2D eigenvalue weighted by atomic mass is 10.2. The van der Waals surface area contributed by atoms with Crippen molar-refractivity contribution in [1.29, 1.82) is 0 Å². The van der Waals surface area contributed by atoms with E-state index in [-0.39, 0.29) is 6.04 Å². The van der Waals surface area contributed by atoms with E-state index in [1.807, 2.05) is 30.3 Å². The Bertz CT molecular complexity index is 516. The second-order valence-corrected chi connectivity index (χ2v) is 6.10. The van der Waals surface area contributed by atoms with Gasteiger partial charge in [0.2, 0.25) is 0 Å². The Balaban J connectivity index is 1.73. The van der Waals surface area contributed by atoms with E-state index in [2.05, 4.69) is 12.2 Å². The molecule has 0 spiro atoms. The molecular formula is C14H15Cl2NOS. The molecule has 0 saturated carbocycles. The van der Waals surface area contributed by atoms with Crippen molar-refractivity contribution in [3.05, 3.63) is 52.4 Å². The smallest absolute Gasteiger partial charge is 0.120 e. The first-order chi connectivity index (χ1) is 9.16. The van der Waals surface area contributed by atoms with Gasteiger partial charge in [-0.2, -0.15) is 0 Å². The van der Waals surface area contributed by atoms with Gasteiger partial charge in [0.25, 0.3) is 0 Å². The van der Waals surface area contributed by atoms with Gasteiger partial charge in [-0.05, 0) is 37.3 Å². The van der Waals surface area contributed by atoms with E-state index in [0.717, 1.165) is 23.0 Å². The molecule has 0 fully saturated rings. The molecule has 1 N–H and O–H groups in total. The van der Waals surface area contributed by atoms with Crippen LogP contribution in [-0.4, -0.2) is 12.3 Å². The van der Waals surface area contributed by atoms with Crippen LogP contribution in [0.2, 0.25) is 10.0 Å². The minimum atomic E-state index is 0.226. The zero-order valence-corrected chi connectivity index (χ0v) is 12.9. The molecular weight excluding hydrogens is 301 g/mol. The molecule has 0 aliphatic heterocycles. The standard InChI is InChI=1S/C14H15Cl2NOS/c1-10(14-3-2-7-18-14)17-6-8-19-11-4-5-12(15)13(16)9-11/h2-5,7,9-10,17H,6,8H2,1H3. The zero-order valence-electron chi connectivity index (χ0n) is 10.5. The molecule has 0 bridgehead atoms. The van der Waals surface area contributed by atoms with Crippen molar-refractivity contribution < 1.29 is 4.42 Å². The summed E-state index contributed by atoms with van der Waals surface area (Å²) >= 11 is 13.6. The lowest BCUT2D eigenvalue weighted by molar-refractivity contribution is 0.438. The Hall–Kier alpha value is -0.610. The van der Waals surface area contributed by atoms with Crippen LogP contribution in [0.15, 0.2) is 45.9 Å². The Morgan fingerprint density at radius 1 is 1.26 bits per heavy atom. The molecule has 0 aliphatic carbocycles. The third-order valence-corrected chi connectivity index (χ3v) is 4.42. The van der Waals surface area contributed by atoms with Crippen LogP contribution in [0.25, 0.3) is 0 Å². The van der Waals surface area contributed by atoms with Gasteiger partial charge in [0.05, 0.1) is 22.4 Å². The summed E-state index contributed by atoms with van der Waals surface area (Å²) < 4.78 is 5.34. The summed E-state index contributed by atoms with van der Waals surface area (Å²) in [5.74, 6) is 1.92. The fourth-order valence-electron chi connectivity index (χ4n) is 1.65. The highest BCUT2D eigenvalue weighted by Crippen LogP contribution is 2.27. The number of hydrogen-bond donors (Lipinski definition) is 1. The highest BCUT2D eigenvalue weighted by Gasteiger charge is 2.06. The molecule has 2 nitrogen and oxygen atoms in total. The zero-order chi connectivity index (χ0) is 13.7. The summed E-state index contributed by atoms with van der Waals surface area (Å²) in [6.45, 7) is 2.98. The molecule has 1 unspecified atom stereocenters. The first-order valence-electron chi connectivity index (χ1n) is 6.01. The molecule has 2 aromatic rings. The van der Waals surface area contributed by atoms with Gasteiger partial charge in [-0.15, -0.1) is 11.8 Å². The molecule has 0 radical (unpaired) electrons. The second-order valence-electron chi connectivity index (χ2n) is 4.12. The normalized spacial score (nSPS) is 12.6. The molecule has 5 heteroatoms. The first kappa shape index (κ1) is 14.8. The van der Waals surface area contributed by atoms with Crippen molar-refractivity contribution in [2.24, 2.45) is 0 Å². The summed E-state index contributed by atoms with van der Waals surface area (Å²) in [6, 6.07) is 9.80. The largest absolute Gasteiger partial charge is 0.468 e. The quantitative estimate of drug-likeness (QED) is 0.598. The Kier molecular flexibility index (Phi) is 5.64. The molecule has 1 atom stereocenters. The van der Waals surface area contributed by atoms with E-state index < -0.39 is 0 Å². The Labute approximate surface area is 127 Å². The van der Waals surface area contributed by atoms with Crippen LogP contribution >= 0.6 is 35.0 Å². The molecule has 0 aliphatic rings. The molecule has 0 amide bonds. The number of thioether (sulfide) groups is 1. The summed E-state index contributed by atoms with van der Waals surface area (Å²) in [5.41, 5.74) is 0. The van der Waals surface area contributed by atoms with Gasteiger partial charge in [-0.3, -0.25) is 0 Å². The van der Waals surface area contributed by atoms with Crippen molar-refractivity contribution in [2.75, 3.05) is 12.3 Å². The van der Waals surface area contributed by atoms with E-state index in [0.29, 0.717) is 10.0 Å². The van der Waals surface area contributed by atoms with E-state index in [1.54, 1.807) is 18.0 Å². The van der Waals surface area contributed by atoms with Crippen LogP contribution in [0.5, 0.6) is 0 Å². The van der Waals surface area contributed by atoms with Gasteiger partial charge >= 0.3 is 0 Å². The number of benzene rings is 1. The van der Waals surface area contributed by atoms with Crippen LogP contribution in [0.3, 0.4) is 0 Å². The number of hydrogen-bond acceptors (Lipinski definition) is 3. The van der Waals surface area contributed by atoms with Crippen molar-refractivity contribution >= 4 is 35.0 Å². The number of furan rings is 1. The average molecular weight is 316 g/mol. The van der Waals surface area contributed by atoms with Gasteiger partial charge in [0.15, 0.2) is 0 Å². The predicted octanol–water partition coefficient (Wildman–Crippen LogP) is 5.03. The second kappa shape index (κ2) is 7.25. The lowest BCUT2D eigenvalue weighted by Crippen LogP contribution is -2.20. The van der Waals surface area contributed by atoms with Crippen molar-refractivity contribution in [1.82, 2.24) is 5.32 Å². The fourth-order valence-corrected chi connectivity index (χ4v) is 2.83. The topological polar surface area (TPSA) is 25.2 Å². The number of nitrogens with one attached hydrogen (secondary N) is 1. The maximum Gasteiger partial charge on any atom is 0.120 e. The first-order valence-corrected chi connectivity index (χ1v) is 7.75.